The number of carbonyl (C=O) groups excluding carboxylic acids is 2. The van der Waals surface area contributed by atoms with Gasteiger partial charge in [0.1, 0.15) is 5.00 Å². The lowest BCUT2D eigenvalue weighted by molar-refractivity contribution is 0.0964. The van der Waals surface area contributed by atoms with Crippen LogP contribution in [0.4, 0.5) is 5.00 Å². The van der Waals surface area contributed by atoms with Gasteiger partial charge in [-0.25, -0.2) is 0 Å². The number of hydrogen-bond acceptors (Lipinski definition) is 3. The van der Waals surface area contributed by atoms with E-state index in [1.807, 2.05) is 0 Å². The highest BCUT2D eigenvalue weighted by Crippen LogP contribution is 2.24. The van der Waals surface area contributed by atoms with Crippen LogP contribution in [-0.4, -0.2) is 18.9 Å². The van der Waals surface area contributed by atoms with E-state index in [0.29, 0.717) is 21.2 Å². The quantitative estimate of drug-likeness (QED) is 0.914. The van der Waals surface area contributed by atoms with E-state index in [0.717, 1.165) is 0 Å². The summed E-state index contributed by atoms with van der Waals surface area (Å²) in [5.74, 6) is -0.530. The van der Waals surface area contributed by atoms with Crippen molar-refractivity contribution in [3.63, 3.8) is 0 Å². The number of benzene rings is 1. The predicted molar refractivity (Wildman–Crippen MR) is 77.1 cm³/mol. The van der Waals surface area contributed by atoms with E-state index in [1.165, 1.54) is 11.3 Å². The lowest BCUT2D eigenvalue weighted by Gasteiger charge is -2.05. The highest BCUT2D eigenvalue weighted by molar-refractivity contribution is 7.14. The van der Waals surface area contributed by atoms with Crippen LogP contribution in [0.15, 0.2) is 35.7 Å². The first kappa shape index (κ1) is 13.6. The second-order valence-corrected chi connectivity index (χ2v) is 5.06. The van der Waals surface area contributed by atoms with Crippen LogP contribution in [0.25, 0.3) is 0 Å². The minimum atomic E-state index is -0.296. The van der Waals surface area contributed by atoms with Gasteiger partial charge in [-0.05, 0) is 29.6 Å². The van der Waals surface area contributed by atoms with Gasteiger partial charge in [-0.2, -0.15) is 0 Å². The van der Waals surface area contributed by atoms with Crippen molar-refractivity contribution in [1.82, 2.24) is 5.32 Å². The van der Waals surface area contributed by atoms with Crippen LogP contribution in [0.2, 0.25) is 5.02 Å². The first-order chi connectivity index (χ1) is 9.11. The third kappa shape index (κ3) is 3.13. The van der Waals surface area contributed by atoms with Gasteiger partial charge < -0.3 is 10.6 Å². The molecular weight excluding hydrogens is 284 g/mol. The van der Waals surface area contributed by atoms with Crippen LogP contribution >= 0.6 is 22.9 Å². The number of rotatable bonds is 3. The smallest absolute Gasteiger partial charge is 0.256 e. The molecule has 19 heavy (non-hydrogen) atoms. The standard InChI is InChI=1S/C13H11ClN2O2S/c1-15-12(18)10-5-6-19-13(10)16-11(17)8-3-2-4-9(14)7-8/h2-7H,1H3,(H,15,18)(H,16,17). The predicted octanol–water partition coefficient (Wildman–Crippen LogP) is 3.01. The van der Waals surface area contributed by atoms with E-state index in [9.17, 15) is 9.59 Å². The van der Waals surface area contributed by atoms with Crippen LogP contribution in [-0.2, 0) is 0 Å². The Balaban J connectivity index is 2.20. The summed E-state index contributed by atoms with van der Waals surface area (Å²) in [6, 6.07) is 8.29. The summed E-state index contributed by atoms with van der Waals surface area (Å²) in [4.78, 5) is 23.6. The van der Waals surface area contributed by atoms with Crippen LogP contribution in [0.1, 0.15) is 20.7 Å². The third-order valence-corrected chi connectivity index (χ3v) is 3.52. The lowest BCUT2D eigenvalue weighted by atomic mass is 10.2. The molecule has 2 rings (SSSR count). The number of halogens is 1. The summed E-state index contributed by atoms with van der Waals surface area (Å²) in [5.41, 5.74) is 0.895. The van der Waals surface area contributed by atoms with Crippen LogP contribution in [0.5, 0.6) is 0 Å². The fraction of sp³-hybridized carbons (Fsp3) is 0.0769. The van der Waals surface area contributed by atoms with Crippen LogP contribution in [0, 0.1) is 0 Å². The van der Waals surface area contributed by atoms with E-state index in [1.54, 1.807) is 42.8 Å². The Morgan fingerprint density at radius 2 is 2.00 bits per heavy atom. The molecule has 0 aliphatic heterocycles. The van der Waals surface area contributed by atoms with Crippen molar-refractivity contribution in [2.45, 2.75) is 0 Å². The summed E-state index contributed by atoms with van der Waals surface area (Å²) in [6.45, 7) is 0. The van der Waals surface area contributed by atoms with Gasteiger partial charge in [0.25, 0.3) is 11.8 Å². The van der Waals surface area contributed by atoms with Crippen molar-refractivity contribution in [1.29, 1.82) is 0 Å². The van der Waals surface area contributed by atoms with E-state index in [2.05, 4.69) is 10.6 Å². The topological polar surface area (TPSA) is 58.2 Å². The molecule has 2 aromatic rings. The van der Waals surface area contributed by atoms with Crippen molar-refractivity contribution in [2.24, 2.45) is 0 Å². The van der Waals surface area contributed by atoms with Crippen molar-refractivity contribution in [3.05, 3.63) is 51.9 Å². The Bertz CT molecular complexity index is 625. The van der Waals surface area contributed by atoms with Gasteiger partial charge in [-0.15, -0.1) is 11.3 Å². The summed E-state index contributed by atoms with van der Waals surface area (Å²) in [7, 11) is 1.54. The minimum absolute atomic E-state index is 0.234. The van der Waals surface area contributed by atoms with E-state index < -0.39 is 0 Å². The van der Waals surface area contributed by atoms with Gasteiger partial charge in [-0.1, -0.05) is 17.7 Å². The van der Waals surface area contributed by atoms with Crippen molar-refractivity contribution >= 4 is 39.8 Å². The van der Waals surface area contributed by atoms with Crippen molar-refractivity contribution < 1.29 is 9.59 Å². The van der Waals surface area contributed by atoms with Gasteiger partial charge in [0.15, 0.2) is 0 Å². The first-order valence-electron chi connectivity index (χ1n) is 5.48. The van der Waals surface area contributed by atoms with Crippen molar-refractivity contribution in [3.8, 4) is 0 Å². The average molecular weight is 295 g/mol. The molecule has 98 valence electrons. The zero-order chi connectivity index (χ0) is 13.8. The maximum Gasteiger partial charge on any atom is 0.256 e. The molecule has 4 nitrogen and oxygen atoms in total. The van der Waals surface area contributed by atoms with Gasteiger partial charge in [-0.3, -0.25) is 9.59 Å². The van der Waals surface area contributed by atoms with E-state index in [4.69, 9.17) is 11.6 Å². The number of carbonyl (C=O) groups is 2. The molecular formula is C13H11ClN2O2S. The summed E-state index contributed by atoms with van der Waals surface area (Å²) < 4.78 is 0. The summed E-state index contributed by atoms with van der Waals surface area (Å²) >= 11 is 7.13. The molecule has 1 heterocycles. The molecule has 1 aromatic heterocycles. The number of amides is 2. The number of thiophene rings is 1. The fourth-order valence-corrected chi connectivity index (χ4v) is 2.49. The van der Waals surface area contributed by atoms with Gasteiger partial charge in [0.05, 0.1) is 5.56 Å². The molecule has 0 bridgehead atoms. The summed E-state index contributed by atoms with van der Waals surface area (Å²) in [5, 5.41) is 7.99. The molecule has 0 aliphatic rings. The number of nitrogens with one attached hydrogen (secondary N) is 2. The Kier molecular flexibility index (Phi) is 4.19. The molecule has 0 saturated carbocycles. The zero-order valence-electron chi connectivity index (χ0n) is 10.1. The molecule has 6 heteroatoms. The maximum absolute atomic E-state index is 12.0. The zero-order valence-corrected chi connectivity index (χ0v) is 11.6. The second kappa shape index (κ2) is 5.86. The number of anilines is 1. The highest BCUT2D eigenvalue weighted by atomic mass is 35.5. The first-order valence-corrected chi connectivity index (χ1v) is 6.74. The Hall–Kier alpha value is -1.85. The van der Waals surface area contributed by atoms with Crippen LogP contribution < -0.4 is 10.6 Å². The number of hydrogen-bond donors (Lipinski definition) is 2. The monoisotopic (exact) mass is 294 g/mol. The van der Waals surface area contributed by atoms with Gasteiger partial charge in [0, 0.05) is 17.6 Å². The molecule has 0 unspecified atom stereocenters. The molecule has 1 aromatic carbocycles. The molecule has 0 radical (unpaired) electrons. The molecule has 0 aliphatic carbocycles. The molecule has 2 amide bonds. The molecule has 0 atom stereocenters. The highest BCUT2D eigenvalue weighted by Gasteiger charge is 2.14. The van der Waals surface area contributed by atoms with E-state index in [-0.39, 0.29) is 11.8 Å². The Morgan fingerprint density at radius 1 is 1.21 bits per heavy atom. The maximum atomic E-state index is 12.0. The fourth-order valence-electron chi connectivity index (χ4n) is 1.52. The van der Waals surface area contributed by atoms with Gasteiger partial charge in [0.2, 0.25) is 0 Å². The second-order valence-electron chi connectivity index (χ2n) is 3.71. The van der Waals surface area contributed by atoms with Crippen LogP contribution in [0.3, 0.4) is 0 Å². The Labute approximate surface area is 119 Å². The largest absolute Gasteiger partial charge is 0.355 e. The minimum Gasteiger partial charge on any atom is -0.355 e. The third-order valence-electron chi connectivity index (χ3n) is 2.45. The molecule has 0 saturated heterocycles. The van der Waals surface area contributed by atoms with Crippen molar-refractivity contribution in [2.75, 3.05) is 12.4 Å². The SMILES string of the molecule is CNC(=O)c1ccsc1NC(=O)c1cccc(Cl)c1. The van der Waals surface area contributed by atoms with Gasteiger partial charge >= 0.3 is 0 Å². The molecule has 0 fully saturated rings. The summed E-state index contributed by atoms with van der Waals surface area (Å²) in [6.07, 6.45) is 0. The average Bonchev–Trinajstić information content (AvgIpc) is 2.86. The normalized spacial score (nSPS) is 10.0. The Morgan fingerprint density at radius 3 is 2.68 bits per heavy atom. The lowest BCUT2D eigenvalue weighted by Crippen LogP contribution is -2.20. The molecule has 0 spiro atoms. The van der Waals surface area contributed by atoms with E-state index >= 15 is 0 Å². The molecule has 2 N–H and O–H groups in total.